The predicted octanol–water partition coefficient (Wildman–Crippen LogP) is 3.50. The Bertz CT molecular complexity index is 700. The van der Waals surface area contributed by atoms with Crippen LogP contribution in [0.2, 0.25) is 0 Å². The zero-order valence-electron chi connectivity index (χ0n) is 14.4. The van der Waals surface area contributed by atoms with Crippen LogP contribution in [-0.4, -0.2) is 35.0 Å². The Balaban J connectivity index is 0.00000225. The fraction of sp³-hybridized carbons (Fsp3) is 0.471. The molecule has 1 amide bonds. The number of anilines is 2. The predicted molar refractivity (Wildman–Crippen MR) is 105 cm³/mol. The van der Waals surface area contributed by atoms with E-state index in [9.17, 15) is 4.79 Å². The van der Waals surface area contributed by atoms with Crippen molar-refractivity contribution >= 4 is 40.6 Å². The van der Waals surface area contributed by atoms with Crippen LogP contribution < -0.4 is 16.0 Å². The van der Waals surface area contributed by atoms with Gasteiger partial charge in [0.05, 0.1) is 5.56 Å². The molecule has 1 aliphatic rings. The molecule has 0 spiro atoms. The molecule has 0 aliphatic carbocycles. The van der Waals surface area contributed by atoms with E-state index in [0.29, 0.717) is 22.4 Å². The number of nitrogens with one attached hydrogen (secondary N) is 3. The lowest BCUT2D eigenvalue weighted by atomic mass is 9.97. The third-order valence-electron chi connectivity index (χ3n) is 3.96. The van der Waals surface area contributed by atoms with Crippen molar-refractivity contribution in [2.24, 2.45) is 0 Å². The lowest BCUT2D eigenvalue weighted by Crippen LogP contribution is -2.26. The summed E-state index contributed by atoms with van der Waals surface area (Å²) in [5, 5.41) is 10.1. The van der Waals surface area contributed by atoms with Crippen LogP contribution in [-0.2, 0) is 0 Å². The van der Waals surface area contributed by atoms with Gasteiger partial charge in [-0.25, -0.2) is 9.97 Å². The maximum atomic E-state index is 12.6. The Morgan fingerprint density at radius 1 is 1.32 bits per heavy atom. The second-order valence-electron chi connectivity index (χ2n) is 6.24. The van der Waals surface area contributed by atoms with Gasteiger partial charge in [-0.05, 0) is 57.8 Å². The van der Waals surface area contributed by atoms with E-state index in [1.807, 2.05) is 20.0 Å². The quantitative estimate of drug-likeness (QED) is 0.738. The van der Waals surface area contributed by atoms with Crippen LogP contribution in [0.1, 0.15) is 47.8 Å². The smallest absolute Gasteiger partial charge is 0.261 e. The van der Waals surface area contributed by atoms with Crippen molar-refractivity contribution in [2.45, 2.75) is 38.6 Å². The van der Waals surface area contributed by atoms with Crippen molar-refractivity contribution in [3.8, 4) is 0 Å². The minimum absolute atomic E-state index is 0. The van der Waals surface area contributed by atoms with Gasteiger partial charge in [0, 0.05) is 23.3 Å². The molecule has 0 unspecified atom stereocenters. The van der Waals surface area contributed by atoms with Crippen molar-refractivity contribution in [1.29, 1.82) is 0 Å². The van der Waals surface area contributed by atoms with Crippen LogP contribution in [0.5, 0.6) is 0 Å². The van der Waals surface area contributed by atoms with Crippen LogP contribution in [0.25, 0.3) is 0 Å². The number of amides is 1. The van der Waals surface area contributed by atoms with Crippen molar-refractivity contribution < 1.29 is 4.79 Å². The summed E-state index contributed by atoms with van der Waals surface area (Å²) >= 11 is 1.57. The number of pyridine rings is 1. The number of halogens is 1. The highest BCUT2D eigenvalue weighted by molar-refractivity contribution is 7.15. The molecule has 3 rings (SSSR count). The largest absolute Gasteiger partial charge is 0.367 e. The summed E-state index contributed by atoms with van der Waals surface area (Å²) in [6.07, 6.45) is 5.83. The minimum atomic E-state index is -0.183. The lowest BCUT2D eigenvalue weighted by Gasteiger charge is -2.20. The van der Waals surface area contributed by atoms with Gasteiger partial charge in [0.1, 0.15) is 5.82 Å². The first-order valence-corrected chi connectivity index (χ1v) is 9.14. The molecule has 2 aromatic rings. The molecule has 8 heteroatoms. The van der Waals surface area contributed by atoms with E-state index in [1.165, 1.54) is 4.88 Å². The van der Waals surface area contributed by atoms with E-state index in [0.717, 1.165) is 25.9 Å². The van der Waals surface area contributed by atoms with Crippen LogP contribution in [0, 0.1) is 0 Å². The summed E-state index contributed by atoms with van der Waals surface area (Å²) in [5.74, 6) is 0.962. The molecule has 0 aromatic carbocycles. The van der Waals surface area contributed by atoms with Gasteiger partial charge in [0.25, 0.3) is 5.91 Å². The molecule has 136 valence electrons. The average Bonchev–Trinajstić information content (AvgIpc) is 3.04. The number of piperidine rings is 1. The fourth-order valence-corrected chi connectivity index (χ4v) is 3.76. The number of hydrogen-bond donors (Lipinski definition) is 3. The van der Waals surface area contributed by atoms with Gasteiger partial charge in [-0.3, -0.25) is 10.1 Å². The first kappa shape index (κ1) is 19.6. The first-order chi connectivity index (χ1) is 11.6. The molecule has 1 aliphatic heterocycles. The molecular weight excluding hydrogens is 358 g/mol. The van der Waals surface area contributed by atoms with E-state index in [4.69, 9.17) is 0 Å². The first-order valence-electron chi connectivity index (χ1n) is 8.33. The highest BCUT2D eigenvalue weighted by atomic mass is 35.5. The summed E-state index contributed by atoms with van der Waals surface area (Å²) in [7, 11) is 0. The summed E-state index contributed by atoms with van der Waals surface area (Å²) in [4.78, 5) is 22.5. The van der Waals surface area contributed by atoms with E-state index in [1.54, 1.807) is 29.7 Å². The van der Waals surface area contributed by atoms with Crippen LogP contribution in [0.15, 0.2) is 24.5 Å². The number of carbonyl (C=O) groups excluding carboxylic acids is 1. The normalized spacial score (nSPS) is 14.8. The van der Waals surface area contributed by atoms with E-state index >= 15 is 0 Å². The SMILES string of the molecule is CC(C)Nc1ncccc1C(=O)Nc1ncc(C2CCNCC2)s1.Cl. The molecule has 0 radical (unpaired) electrons. The van der Waals surface area contributed by atoms with Crippen molar-refractivity contribution in [1.82, 2.24) is 15.3 Å². The van der Waals surface area contributed by atoms with Crippen molar-refractivity contribution in [2.75, 3.05) is 23.7 Å². The van der Waals surface area contributed by atoms with Crippen molar-refractivity contribution in [3.63, 3.8) is 0 Å². The second kappa shape index (κ2) is 9.12. The Kier molecular flexibility index (Phi) is 7.16. The number of rotatable bonds is 5. The number of aromatic nitrogens is 2. The zero-order chi connectivity index (χ0) is 16.9. The van der Waals surface area contributed by atoms with E-state index in [2.05, 4.69) is 25.9 Å². The standard InChI is InChI=1S/C17H23N5OS.ClH/c1-11(2)21-15-13(4-3-7-19-15)16(23)22-17-20-10-14(24-17)12-5-8-18-9-6-12;/h3-4,7,10-12,18H,5-6,8-9H2,1-2H3,(H,19,21)(H,20,22,23);1H. The van der Waals surface area contributed by atoms with Gasteiger partial charge >= 0.3 is 0 Å². The number of carbonyl (C=O) groups is 1. The summed E-state index contributed by atoms with van der Waals surface area (Å²) in [5.41, 5.74) is 0.532. The van der Waals surface area contributed by atoms with Crippen LogP contribution >= 0.6 is 23.7 Å². The molecule has 1 fully saturated rings. The monoisotopic (exact) mass is 381 g/mol. The van der Waals surface area contributed by atoms with Gasteiger partial charge in [-0.2, -0.15) is 0 Å². The van der Waals surface area contributed by atoms with Crippen LogP contribution in [0.4, 0.5) is 10.9 Å². The number of hydrogen-bond acceptors (Lipinski definition) is 6. The van der Waals surface area contributed by atoms with Gasteiger partial charge in [-0.1, -0.05) is 0 Å². The molecular formula is C17H24ClN5OS. The lowest BCUT2D eigenvalue weighted by molar-refractivity contribution is 0.102. The Labute approximate surface area is 158 Å². The zero-order valence-corrected chi connectivity index (χ0v) is 16.0. The maximum absolute atomic E-state index is 12.6. The minimum Gasteiger partial charge on any atom is -0.367 e. The number of nitrogens with zero attached hydrogens (tertiary/aromatic N) is 2. The summed E-state index contributed by atoms with van der Waals surface area (Å²) in [6, 6.07) is 3.75. The molecule has 25 heavy (non-hydrogen) atoms. The van der Waals surface area contributed by atoms with Gasteiger partial charge in [0.2, 0.25) is 0 Å². The Hall–Kier alpha value is -1.70. The van der Waals surface area contributed by atoms with Crippen LogP contribution in [0.3, 0.4) is 0 Å². The number of thiazole rings is 1. The highest BCUT2D eigenvalue weighted by Gasteiger charge is 2.19. The van der Waals surface area contributed by atoms with Gasteiger partial charge in [0.15, 0.2) is 5.13 Å². The van der Waals surface area contributed by atoms with Gasteiger partial charge < -0.3 is 10.6 Å². The molecule has 0 bridgehead atoms. The van der Waals surface area contributed by atoms with Gasteiger partial charge in [-0.15, -0.1) is 23.7 Å². The average molecular weight is 382 g/mol. The molecule has 3 heterocycles. The molecule has 1 saturated heterocycles. The Morgan fingerprint density at radius 3 is 2.80 bits per heavy atom. The van der Waals surface area contributed by atoms with E-state index in [-0.39, 0.29) is 24.4 Å². The third-order valence-corrected chi connectivity index (χ3v) is 5.04. The molecule has 0 atom stereocenters. The van der Waals surface area contributed by atoms with Crippen molar-refractivity contribution in [3.05, 3.63) is 35.0 Å². The fourth-order valence-electron chi connectivity index (χ4n) is 2.78. The molecule has 2 aromatic heterocycles. The summed E-state index contributed by atoms with van der Waals surface area (Å²) in [6.45, 7) is 6.12. The molecule has 6 nitrogen and oxygen atoms in total. The maximum Gasteiger partial charge on any atom is 0.261 e. The summed E-state index contributed by atoms with van der Waals surface area (Å²) < 4.78 is 0. The molecule has 3 N–H and O–H groups in total. The van der Waals surface area contributed by atoms with E-state index < -0.39 is 0 Å². The highest BCUT2D eigenvalue weighted by Crippen LogP contribution is 2.32. The Morgan fingerprint density at radius 2 is 2.08 bits per heavy atom. The molecule has 0 saturated carbocycles. The second-order valence-corrected chi connectivity index (χ2v) is 7.31. The topological polar surface area (TPSA) is 78.9 Å². The third kappa shape index (κ3) is 5.14.